The highest BCUT2D eigenvalue weighted by Crippen LogP contribution is 2.25. The van der Waals surface area contributed by atoms with Crippen LogP contribution < -0.4 is 5.73 Å². The van der Waals surface area contributed by atoms with Gasteiger partial charge in [0.1, 0.15) is 0 Å². The summed E-state index contributed by atoms with van der Waals surface area (Å²) in [4.78, 5) is 14.1. The minimum atomic E-state index is -0.266. The Kier molecular flexibility index (Phi) is 5.06. The number of likely N-dealkylation sites (tertiary alicyclic amines) is 1. The van der Waals surface area contributed by atoms with Crippen LogP contribution in [0.5, 0.6) is 0 Å². The van der Waals surface area contributed by atoms with Gasteiger partial charge in [-0.25, -0.2) is 0 Å². The maximum Gasteiger partial charge on any atom is 0.226 e. The van der Waals surface area contributed by atoms with E-state index in [0.717, 1.165) is 18.7 Å². The van der Waals surface area contributed by atoms with Gasteiger partial charge >= 0.3 is 0 Å². The van der Waals surface area contributed by atoms with Gasteiger partial charge in [-0.2, -0.15) is 0 Å². The molecule has 110 valence electrons. The average Bonchev–Trinajstić information content (AvgIpc) is 2.36. The first-order chi connectivity index (χ1) is 9.45. The molecule has 20 heavy (non-hydrogen) atoms. The third-order valence-electron chi connectivity index (χ3n) is 4.00. The second kappa shape index (κ2) is 6.59. The molecule has 0 saturated carbocycles. The van der Waals surface area contributed by atoms with Crippen LogP contribution in [0.1, 0.15) is 31.7 Å². The zero-order chi connectivity index (χ0) is 14.7. The van der Waals surface area contributed by atoms with Gasteiger partial charge in [0.2, 0.25) is 5.91 Å². The lowest BCUT2D eigenvalue weighted by atomic mass is 9.90. The molecule has 1 saturated heterocycles. The zero-order valence-corrected chi connectivity index (χ0v) is 12.9. The van der Waals surface area contributed by atoms with Crippen molar-refractivity contribution in [2.24, 2.45) is 17.6 Å². The fraction of sp³-hybridized carbons (Fsp3) is 0.562. The van der Waals surface area contributed by atoms with Crippen molar-refractivity contribution < 1.29 is 4.79 Å². The molecule has 2 N–H and O–H groups in total. The smallest absolute Gasteiger partial charge is 0.226 e. The summed E-state index contributed by atoms with van der Waals surface area (Å²) in [6.45, 7) is 7.32. The van der Waals surface area contributed by atoms with Crippen LogP contribution in [0.4, 0.5) is 0 Å². The Morgan fingerprint density at radius 2 is 1.85 bits per heavy atom. The number of hydrogen-bond acceptors (Lipinski definition) is 2. The molecule has 1 heterocycles. The largest absolute Gasteiger partial charge is 0.369 e. The first-order valence-electron chi connectivity index (χ1n) is 7.23. The van der Waals surface area contributed by atoms with Gasteiger partial charge in [-0.3, -0.25) is 4.79 Å². The number of benzene rings is 1. The Bertz CT molecular complexity index is 450. The number of nitrogens with two attached hydrogens (primary N) is 1. The summed E-state index contributed by atoms with van der Waals surface area (Å²) in [5, 5.41) is 0.678. The third-order valence-corrected chi connectivity index (χ3v) is 4.25. The lowest BCUT2D eigenvalue weighted by Gasteiger charge is -2.36. The van der Waals surface area contributed by atoms with E-state index in [-0.39, 0.29) is 11.8 Å². The van der Waals surface area contributed by atoms with Crippen molar-refractivity contribution in [2.45, 2.75) is 26.2 Å². The van der Waals surface area contributed by atoms with E-state index in [1.54, 1.807) is 0 Å². The van der Waals surface area contributed by atoms with Crippen molar-refractivity contribution in [1.82, 2.24) is 4.90 Å². The highest BCUT2D eigenvalue weighted by molar-refractivity contribution is 6.30. The molecule has 1 aromatic carbocycles. The lowest BCUT2D eigenvalue weighted by Crippen LogP contribution is -2.43. The number of primary amides is 1. The van der Waals surface area contributed by atoms with Crippen LogP contribution in [0.3, 0.4) is 0 Å². The van der Waals surface area contributed by atoms with Crippen LogP contribution in [0.2, 0.25) is 5.02 Å². The van der Waals surface area contributed by atoms with Gasteiger partial charge in [0.15, 0.2) is 0 Å². The van der Waals surface area contributed by atoms with Gasteiger partial charge < -0.3 is 10.6 Å². The van der Waals surface area contributed by atoms with Crippen molar-refractivity contribution in [3.05, 3.63) is 34.9 Å². The SMILES string of the molecule is C[C@@H]1C[C@H](C)CN(C[C@H](C(N)=O)c2ccc(Cl)cc2)C1. The quantitative estimate of drug-likeness (QED) is 0.928. The van der Waals surface area contributed by atoms with Gasteiger partial charge in [0.05, 0.1) is 5.92 Å². The highest BCUT2D eigenvalue weighted by Gasteiger charge is 2.26. The molecule has 1 amide bonds. The summed E-state index contributed by atoms with van der Waals surface area (Å²) in [6.07, 6.45) is 1.26. The van der Waals surface area contributed by atoms with Crippen LogP contribution in [-0.4, -0.2) is 30.4 Å². The number of halogens is 1. The van der Waals surface area contributed by atoms with Crippen LogP contribution in [0.25, 0.3) is 0 Å². The Morgan fingerprint density at radius 1 is 1.30 bits per heavy atom. The van der Waals surface area contributed by atoms with Gasteiger partial charge in [-0.1, -0.05) is 37.6 Å². The molecule has 3 nitrogen and oxygen atoms in total. The Morgan fingerprint density at radius 3 is 2.35 bits per heavy atom. The molecule has 2 rings (SSSR count). The molecule has 4 heteroatoms. The molecule has 1 aliphatic rings. The van der Waals surface area contributed by atoms with Crippen molar-refractivity contribution in [3.8, 4) is 0 Å². The summed E-state index contributed by atoms with van der Waals surface area (Å²) >= 11 is 5.90. The zero-order valence-electron chi connectivity index (χ0n) is 12.2. The number of carbonyl (C=O) groups is 1. The number of rotatable bonds is 4. The van der Waals surface area contributed by atoms with Gasteiger partial charge in [0, 0.05) is 24.7 Å². The Labute approximate surface area is 126 Å². The first kappa shape index (κ1) is 15.3. The summed E-state index contributed by atoms with van der Waals surface area (Å²) in [5.74, 6) is 0.831. The number of hydrogen-bond donors (Lipinski definition) is 1. The van der Waals surface area contributed by atoms with Crippen LogP contribution in [-0.2, 0) is 4.79 Å². The monoisotopic (exact) mass is 294 g/mol. The van der Waals surface area contributed by atoms with Crippen molar-refractivity contribution >= 4 is 17.5 Å². The molecular formula is C16H23ClN2O. The topological polar surface area (TPSA) is 46.3 Å². The van der Waals surface area contributed by atoms with Gasteiger partial charge in [-0.15, -0.1) is 0 Å². The molecular weight excluding hydrogens is 272 g/mol. The van der Waals surface area contributed by atoms with E-state index in [1.807, 2.05) is 24.3 Å². The molecule has 0 spiro atoms. The second-order valence-corrected chi connectivity index (χ2v) is 6.61. The Balaban J connectivity index is 2.09. The van der Waals surface area contributed by atoms with E-state index < -0.39 is 0 Å². The van der Waals surface area contributed by atoms with Crippen molar-refractivity contribution in [2.75, 3.05) is 19.6 Å². The van der Waals surface area contributed by atoms with E-state index >= 15 is 0 Å². The normalized spacial score (nSPS) is 25.4. The highest BCUT2D eigenvalue weighted by atomic mass is 35.5. The second-order valence-electron chi connectivity index (χ2n) is 6.17. The predicted octanol–water partition coefficient (Wildman–Crippen LogP) is 2.89. The van der Waals surface area contributed by atoms with Gasteiger partial charge in [-0.05, 0) is 36.0 Å². The number of nitrogens with zero attached hydrogens (tertiary/aromatic N) is 1. The van der Waals surface area contributed by atoms with E-state index in [1.165, 1.54) is 6.42 Å². The minimum Gasteiger partial charge on any atom is -0.369 e. The van der Waals surface area contributed by atoms with E-state index in [9.17, 15) is 4.79 Å². The van der Waals surface area contributed by atoms with E-state index in [4.69, 9.17) is 17.3 Å². The molecule has 1 fully saturated rings. The number of amides is 1. The fourth-order valence-corrected chi connectivity index (χ4v) is 3.38. The molecule has 0 aliphatic carbocycles. The molecule has 0 bridgehead atoms. The standard InChI is InChI=1S/C16H23ClN2O/c1-11-7-12(2)9-19(8-11)10-15(16(18)20)13-3-5-14(17)6-4-13/h3-6,11-12,15H,7-10H2,1-2H3,(H2,18,20)/t11-,12+,15-/m0/s1. The third kappa shape index (κ3) is 3.97. The molecule has 0 radical (unpaired) electrons. The minimum absolute atomic E-state index is 0.259. The molecule has 1 aliphatic heterocycles. The van der Waals surface area contributed by atoms with E-state index in [0.29, 0.717) is 23.4 Å². The van der Waals surface area contributed by atoms with Gasteiger partial charge in [0.25, 0.3) is 0 Å². The van der Waals surface area contributed by atoms with Crippen molar-refractivity contribution in [1.29, 1.82) is 0 Å². The maximum atomic E-state index is 11.8. The predicted molar refractivity (Wildman–Crippen MR) is 82.8 cm³/mol. The fourth-order valence-electron chi connectivity index (χ4n) is 3.25. The first-order valence-corrected chi connectivity index (χ1v) is 7.60. The molecule has 3 atom stereocenters. The van der Waals surface area contributed by atoms with Crippen molar-refractivity contribution in [3.63, 3.8) is 0 Å². The summed E-state index contributed by atoms with van der Waals surface area (Å²) in [6, 6.07) is 7.42. The number of piperidine rings is 1. The lowest BCUT2D eigenvalue weighted by molar-refractivity contribution is -0.120. The average molecular weight is 295 g/mol. The van der Waals surface area contributed by atoms with Crippen LogP contribution in [0.15, 0.2) is 24.3 Å². The van der Waals surface area contributed by atoms with Crippen LogP contribution >= 0.6 is 11.6 Å². The molecule has 0 unspecified atom stereocenters. The Hall–Kier alpha value is -1.06. The molecule has 1 aromatic rings. The molecule has 0 aromatic heterocycles. The van der Waals surface area contributed by atoms with Crippen LogP contribution in [0, 0.1) is 11.8 Å². The summed E-state index contributed by atoms with van der Waals surface area (Å²) in [5.41, 5.74) is 6.55. The maximum absolute atomic E-state index is 11.8. The number of carbonyl (C=O) groups excluding carboxylic acids is 1. The summed E-state index contributed by atoms with van der Waals surface area (Å²) in [7, 11) is 0. The van der Waals surface area contributed by atoms with E-state index in [2.05, 4.69) is 18.7 Å². The summed E-state index contributed by atoms with van der Waals surface area (Å²) < 4.78 is 0.